The van der Waals surface area contributed by atoms with Crippen LogP contribution in [0, 0.1) is 5.82 Å². The molecule has 0 saturated heterocycles. The van der Waals surface area contributed by atoms with E-state index in [1.807, 2.05) is 13.8 Å². The van der Waals surface area contributed by atoms with Crippen molar-refractivity contribution in [3.8, 4) is 5.75 Å². The normalized spacial score (nSPS) is 12.6. The Balaban J connectivity index is 3.45. The number of rotatable bonds is 4. The summed E-state index contributed by atoms with van der Waals surface area (Å²) in [5.41, 5.74) is 0.535. The van der Waals surface area contributed by atoms with Crippen LogP contribution in [0.1, 0.15) is 37.0 Å². The van der Waals surface area contributed by atoms with Gasteiger partial charge in [0, 0.05) is 17.2 Å². The van der Waals surface area contributed by atoms with E-state index in [4.69, 9.17) is 9.84 Å². The molecule has 1 atom stereocenters. The van der Waals surface area contributed by atoms with Crippen LogP contribution in [0.25, 0.3) is 0 Å². The number of aliphatic carboxylic acids is 1. The Morgan fingerprint density at radius 2 is 2.00 bits per heavy atom. The van der Waals surface area contributed by atoms with Gasteiger partial charge in [-0.3, -0.25) is 0 Å². The van der Waals surface area contributed by atoms with E-state index in [1.165, 1.54) is 13.2 Å². The molecule has 0 aliphatic rings. The van der Waals surface area contributed by atoms with Crippen LogP contribution in [0.4, 0.5) is 4.39 Å². The molecule has 94 valence electrons. The summed E-state index contributed by atoms with van der Waals surface area (Å²) in [5, 5.41) is 18.3. The zero-order valence-electron chi connectivity index (χ0n) is 9.90. The second-order valence-electron chi connectivity index (χ2n) is 4.01. The summed E-state index contributed by atoms with van der Waals surface area (Å²) in [6, 6.07) is 2.20. The summed E-state index contributed by atoms with van der Waals surface area (Å²) in [5.74, 6) is -1.90. The van der Waals surface area contributed by atoms with E-state index in [-0.39, 0.29) is 17.2 Å². The molecule has 0 amide bonds. The van der Waals surface area contributed by atoms with Gasteiger partial charge in [-0.25, -0.2) is 9.18 Å². The SMILES string of the molecule is COc1cc(F)cc(C(O)C(=O)O)c1C(C)C. The first-order valence-corrected chi connectivity index (χ1v) is 5.16. The Hall–Kier alpha value is -1.62. The van der Waals surface area contributed by atoms with Crippen LogP contribution >= 0.6 is 0 Å². The maximum absolute atomic E-state index is 13.3. The van der Waals surface area contributed by atoms with Gasteiger partial charge in [0.05, 0.1) is 7.11 Å². The summed E-state index contributed by atoms with van der Waals surface area (Å²) in [4.78, 5) is 10.8. The number of carbonyl (C=O) groups is 1. The van der Waals surface area contributed by atoms with Crippen LogP contribution in [0.3, 0.4) is 0 Å². The van der Waals surface area contributed by atoms with Crippen molar-refractivity contribution in [2.24, 2.45) is 0 Å². The number of aliphatic hydroxyl groups excluding tert-OH is 1. The fraction of sp³-hybridized carbons (Fsp3) is 0.417. The van der Waals surface area contributed by atoms with E-state index in [1.54, 1.807) is 0 Å². The Kier molecular flexibility index (Phi) is 4.07. The highest BCUT2D eigenvalue weighted by Gasteiger charge is 2.24. The Bertz CT molecular complexity index is 429. The minimum absolute atomic E-state index is 0.0318. The highest BCUT2D eigenvalue weighted by atomic mass is 19.1. The number of ether oxygens (including phenoxy) is 1. The molecule has 0 aliphatic heterocycles. The lowest BCUT2D eigenvalue weighted by molar-refractivity contribution is -0.147. The van der Waals surface area contributed by atoms with E-state index in [0.717, 1.165) is 6.07 Å². The van der Waals surface area contributed by atoms with Crippen molar-refractivity contribution in [2.75, 3.05) is 7.11 Å². The van der Waals surface area contributed by atoms with Crippen molar-refractivity contribution in [3.63, 3.8) is 0 Å². The molecule has 4 nitrogen and oxygen atoms in total. The van der Waals surface area contributed by atoms with Crippen molar-refractivity contribution in [2.45, 2.75) is 25.9 Å². The molecule has 0 saturated carbocycles. The van der Waals surface area contributed by atoms with E-state index >= 15 is 0 Å². The van der Waals surface area contributed by atoms with Crippen LogP contribution < -0.4 is 4.74 Å². The number of hydrogen-bond donors (Lipinski definition) is 2. The smallest absolute Gasteiger partial charge is 0.337 e. The molecule has 2 N–H and O–H groups in total. The van der Waals surface area contributed by atoms with Gasteiger partial charge >= 0.3 is 5.97 Å². The standard InChI is InChI=1S/C12H15FO4/c1-6(2)10-8(11(14)12(15)16)4-7(13)5-9(10)17-3/h4-6,11,14H,1-3H3,(H,15,16). The number of methoxy groups -OCH3 is 1. The fourth-order valence-corrected chi connectivity index (χ4v) is 1.76. The Morgan fingerprint density at radius 3 is 2.41 bits per heavy atom. The molecule has 1 aromatic carbocycles. The van der Waals surface area contributed by atoms with Crippen LogP contribution in [0.15, 0.2) is 12.1 Å². The van der Waals surface area contributed by atoms with Gasteiger partial charge in [0.15, 0.2) is 6.10 Å². The van der Waals surface area contributed by atoms with E-state index in [2.05, 4.69) is 0 Å². The minimum atomic E-state index is -1.75. The van der Waals surface area contributed by atoms with Gasteiger partial charge in [0.1, 0.15) is 11.6 Å². The first-order valence-electron chi connectivity index (χ1n) is 5.16. The van der Waals surface area contributed by atoms with Crippen LogP contribution in [-0.4, -0.2) is 23.3 Å². The first-order chi connectivity index (χ1) is 7.88. The van der Waals surface area contributed by atoms with Crippen molar-refractivity contribution in [3.05, 3.63) is 29.1 Å². The third-order valence-corrected chi connectivity index (χ3v) is 2.46. The highest BCUT2D eigenvalue weighted by molar-refractivity contribution is 5.75. The fourth-order valence-electron chi connectivity index (χ4n) is 1.76. The lowest BCUT2D eigenvalue weighted by Gasteiger charge is -2.18. The monoisotopic (exact) mass is 242 g/mol. The largest absolute Gasteiger partial charge is 0.496 e. The van der Waals surface area contributed by atoms with Crippen LogP contribution in [0.5, 0.6) is 5.75 Å². The summed E-state index contributed by atoms with van der Waals surface area (Å²) in [7, 11) is 1.37. The molecule has 0 aliphatic carbocycles. The molecule has 0 fully saturated rings. The van der Waals surface area contributed by atoms with E-state index in [0.29, 0.717) is 5.56 Å². The topological polar surface area (TPSA) is 66.8 Å². The number of hydrogen-bond acceptors (Lipinski definition) is 3. The minimum Gasteiger partial charge on any atom is -0.496 e. The predicted octanol–water partition coefficient (Wildman–Crippen LogP) is 2.08. The zero-order chi connectivity index (χ0) is 13.2. The first kappa shape index (κ1) is 13.4. The molecule has 1 unspecified atom stereocenters. The average Bonchev–Trinajstić information content (AvgIpc) is 2.25. The Morgan fingerprint density at radius 1 is 1.41 bits per heavy atom. The Labute approximate surface area is 98.7 Å². The molecule has 0 radical (unpaired) electrons. The van der Waals surface area contributed by atoms with Crippen LogP contribution in [-0.2, 0) is 4.79 Å². The molecule has 17 heavy (non-hydrogen) atoms. The highest BCUT2D eigenvalue weighted by Crippen LogP contribution is 2.34. The van der Waals surface area contributed by atoms with Gasteiger partial charge in [-0.05, 0) is 12.0 Å². The maximum atomic E-state index is 13.3. The van der Waals surface area contributed by atoms with E-state index < -0.39 is 17.9 Å². The predicted molar refractivity (Wildman–Crippen MR) is 59.6 cm³/mol. The molecular formula is C12H15FO4. The van der Waals surface area contributed by atoms with Gasteiger partial charge in [0.2, 0.25) is 0 Å². The third kappa shape index (κ3) is 2.74. The number of benzene rings is 1. The van der Waals surface area contributed by atoms with Crippen molar-refractivity contribution >= 4 is 5.97 Å². The van der Waals surface area contributed by atoms with E-state index in [9.17, 15) is 14.3 Å². The molecular weight excluding hydrogens is 227 g/mol. The molecule has 0 aromatic heterocycles. The van der Waals surface area contributed by atoms with Gasteiger partial charge in [0.25, 0.3) is 0 Å². The lowest BCUT2D eigenvalue weighted by Crippen LogP contribution is -2.14. The van der Waals surface area contributed by atoms with Gasteiger partial charge in [-0.2, -0.15) is 0 Å². The third-order valence-electron chi connectivity index (χ3n) is 2.46. The number of halogens is 1. The molecule has 0 bridgehead atoms. The molecule has 5 heteroatoms. The quantitative estimate of drug-likeness (QED) is 0.848. The lowest BCUT2D eigenvalue weighted by atomic mass is 9.92. The van der Waals surface area contributed by atoms with Crippen molar-refractivity contribution < 1.29 is 24.1 Å². The van der Waals surface area contributed by atoms with Gasteiger partial charge < -0.3 is 14.9 Å². The molecule has 0 heterocycles. The second kappa shape index (κ2) is 5.14. The van der Waals surface area contributed by atoms with Crippen molar-refractivity contribution in [1.82, 2.24) is 0 Å². The molecule has 1 rings (SSSR count). The second-order valence-corrected chi connectivity index (χ2v) is 4.01. The molecule has 1 aromatic rings. The maximum Gasteiger partial charge on any atom is 0.337 e. The van der Waals surface area contributed by atoms with Crippen molar-refractivity contribution in [1.29, 1.82) is 0 Å². The zero-order valence-corrected chi connectivity index (χ0v) is 9.90. The summed E-state index contributed by atoms with van der Waals surface area (Å²) < 4.78 is 18.3. The van der Waals surface area contributed by atoms with Crippen LogP contribution in [0.2, 0.25) is 0 Å². The summed E-state index contributed by atoms with van der Waals surface area (Å²) in [6.07, 6.45) is -1.75. The van der Waals surface area contributed by atoms with Gasteiger partial charge in [-0.1, -0.05) is 13.8 Å². The number of carboxylic acids is 1. The average molecular weight is 242 g/mol. The molecule has 0 spiro atoms. The van der Waals surface area contributed by atoms with Gasteiger partial charge in [-0.15, -0.1) is 0 Å². The summed E-state index contributed by atoms with van der Waals surface area (Å²) in [6.45, 7) is 3.63. The number of aliphatic hydroxyl groups is 1. The number of carboxylic acid groups (broad SMARTS) is 1. The summed E-state index contributed by atoms with van der Waals surface area (Å²) >= 11 is 0.